The van der Waals surface area contributed by atoms with Gasteiger partial charge in [-0.2, -0.15) is 13.1 Å². The molecule has 0 radical (unpaired) electrons. The second-order valence-electron chi connectivity index (χ2n) is 6.18. The third-order valence-corrected chi connectivity index (χ3v) is 7.17. The number of benzene rings is 1. The number of fused-ring (bicyclic) bond motifs is 1. The van der Waals surface area contributed by atoms with Gasteiger partial charge in [0.05, 0.1) is 24.3 Å². The first-order valence-electron chi connectivity index (χ1n) is 8.15. The average molecular weight is 382 g/mol. The van der Waals surface area contributed by atoms with E-state index in [1.807, 2.05) is 0 Å². The Hall–Kier alpha value is -1.62. The molecular weight excluding hydrogens is 364 g/mol. The number of sulfonamides is 1. The fourth-order valence-corrected chi connectivity index (χ4v) is 5.44. The first-order valence-corrected chi connectivity index (χ1v) is 10.3. The lowest BCUT2D eigenvalue weighted by atomic mass is 10.1. The Labute approximate surface area is 149 Å². The minimum atomic E-state index is -3.65. The van der Waals surface area contributed by atoms with Crippen molar-refractivity contribution in [3.05, 3.63) is 18.2 Å². The quantitative estimate of drug-likeness (QED) is 0.770. The molecule has 2 aliphatic heterocycles. The number of hydrogen-bond acceptors (Lipinski definition) is 7. The van der Waals surface area contributed by atoms with Crippen LogP contribution in [0.1, 0.15) is 6.42 Å². The molecule has 0 spiro atoms. The Morgan fingerprint density at radius 1 is 1.20 bits per heavy atom. The van der Waals surface area contributed by atoms with Crippen LogP contribution < -0.4 is 0 Å². The van der Waals surface area contributed by atoms with Crippen LogP contribution in [0.25, 0.3) is 11.0 Å². The van der Waals surface area contributed by atoms with Gasteiger partial charge in [0.15, 0.2) is 0 Å². The zero-order valence-electron chi connectivity index (χ0n) is 13.5. The third-order valence-electron chi connectivity index (χ3n) is 4.70. The van der Waals surface area contributed by atoms with Crippen molar-refractivity contribution in [1.82, 2.24) is 18.0 Å². The van der Waals surface area contributed by atoms with E-state index >= 15 is 0 Å². The highest BCUT2D eigenvalue weighted by Crippen LogP contribution is 2.25. The Morgan fingerprint density at radius 3 is 2.72 bits per heavy atom. The fraction of sp³-hybridized carbons (Fsp3) is 0.533. The van der Waals surface area contributed by atoms with E-state index in [1.54, 1.807) is 23.1 Å². The molecule has 25 heavy (non-hydrogen) atoms. The minimum Gasteiger partial charge on any atom is -0.381 e. The number of rotatable bonds is 3. The summed E-state index contributed by atoms with van der Waals surface area (Å²) in [6, 6.07) is 4.99. The maximum atomic E-state index is 13.0. The molecule has 0 saturated carbocycles. The summed E-state index contributed by atoms with van der Waals surface area (Å²) in [6.45, 7) is 2.47. The van der Waals surface area contributed by atoms with Crippen LogP contribution >= 0.6 is 11.7 Å². The fourth-order valence-electron chi connectivity index (χ4n) is 3.26. The van der Waals surface area contributed by atoms with Gasteiger partial charge in [-0.25, -0.2) is 8.42 Å². The largest absolute Gasteiger partial charge is 0.381 e. The number of hydrogen-bond donors (Lipinski definition) is 0. The van der Waals surface area contributed by atoms with Gasteiger partial charge in [-0.3, -0.25) is 4.79 Å². The molecule has 0 N–H and O–H groups in total. The van der Waals surface area contributed by atoms with Crippen LogP contribution in [-0.2, 0) is 19.6 Å². The van der Waals surface area contributed by atoms with Crippen molar-refractivity contribution in [3.8, 4) is 0 Å². The molecule has 1 amide bonds. The third kappa shape index (κ3) is 3.03. The monoisotopic (exact) mass is 382 g/mol. The molecule has 4 rings (SSSR count). The topological polar surface area (TPSA) is 92.7 Å². The van der Waals surface area contributed by atoms with Gasteiger partial charge in [0, 0.05) is 32.8 Å². The number of ether oxygens (including phenoxy) is 1. The maximum Gasteiger partial charge on any atom is 0.245 e. The molecule has 0 bridgehead atoms. The second-order valence-corrected chi connectivity index (χ2v) is 8.61. The van der Waals surface area contributed by atoms with Crippen molar-refractivity contribution in [1.29, 1.82) is 0 Å². The van der Waals surface area contributed by atoms with E-state index in [1.165, 1.54) is 4.31 Å². The van der Waals surface area contributed by atoms with Crippen molar-refractivity contribution in [2.24, 2.45) is 5.92 Å². The smallest absolute Gasteiger partial charge is 0.245 e. The number of aromatic nitrogens is 2. The first kappa shape index (κ1) is 16.8. The van der Waals surface area contributed by atoms with Crippen molar-refractivity contribution in [2.75, 3.05) is 39.4 Å². The lowest BCUT2D eigenvalue weighted by Gasteiger charge is -2.35. The molecule has 8 nitrogen and oxygen atoms in total. The van der Waals surface area contributed by atoms with E-state index in [-0.39, 0.29) is 29.8 Å². The summed E-state index contributed by atoms with van der Waals surface area (Å²) in [5.41, 5.74) is 0.996. The van der Waals surface area contributed by atoms with E-state index in [4.69, 9.17) is 4.74 Å². The van der Waals surface area contributed by atoms with E-state index in [2.05, 4.69) is 8.75 Å². The van der Waals surface area contributed by atoms with Gasteiger partial charge in [0.2, 0.25) is 15.9 Å². The van der Waals surface area contributed by atoms with Crippen molar-refractivity contribution in [2.45, 2.75) is 11.3 Å². The van der Waals surface area contributed by atoms with Crippen molar-refractivity contribution >= 4 is 38.7 Å². The Balaban J connectivity index is 1.50. The van der Waals surface area contributed by atoms with Gasteiger partial charge in [-0.15, -0.1) is 0 Å². The second kappa shape index (κ2) is 6.60. The van der Waals surface area contributed by atoms with Gasteiger partial charge in [-0.1, -0.05) is 6.07 Å². The zero-order chi connectivity index (χ0) is 17.4. The van der Waals surface area contributed by atoms with Gasteiger partial charge in [-0.05, 0) is 18.6 Å². The van der Waals surface area contributed by atoms with Crippen LogP contribution in [0.15, 0.2) is 23.1 Å². The molecule has 1 aromatic carbocycles. The van der Waals surface area contributed by atoms with Crippen LogP contribution in [-0.4, -0.2) is 71.7 Å². The number of carbonyl (C=O) groups excluding carboxylic acids is 1. The highest BCUT2D eigenvalue weighted by molar-refractivity contribution is 7.89. The summed E-state index contributed by atoms with van der Waals surface area (Å²) in [5, 5.41) is 0. The summed E-state index contributed by atoms with van der Waals surface area (Å²) >= 11 is 1.00. The van der Waals surface area contributed by atoms with Crippen molar-refractivity contribution < 1.29 is 17.9 Å². The highest BCUT2D eigenvalue weighted by Gasteiger charge is 2.34. The summed E-state index contributed by atoms with van der Waals surface area (Å²) in [6.07, 6.45) is 0.746. The molecule has 10 heteroatoms. The lowest BCUT2D eigenvalue weighted by Crippen LogP contribution is -2.52. The Morgan fingerprint density at radius 2 is 2.00 bits per heavy atom. The standard InChI is InChI=1S/C15H18N4O4S2/c20-15(11-4-9-23-10-11)18-5-7-19(8-6-18)25(21,22)13-3-1-2-12-14(13)17-24-16-12/h1-3,11H,4-10H2. The maximum absolute atomic E-state index is 13.0. The predicted molar refractivity (Wildman–Crippen MR) is 91.7 cm³/mol. The minimum absolute atomic E-state index is 0.0698. The lowest BCUT2D eigenvalue weighted by molar-refractivity contribution is -0.136. The van der Waals surface area contributed by atoms with E-state index in [0.29, 0.717) is 37.3 Å². The molecule has 2 aliphatic rings. The highest BCUT2D eigenvalue weighted by atomic mass is 32.2. The number of nitrogens with zero attached hydrogens (tertiary/aromatic N) is 4. The molecule has 2 aromatic rings. The normalized spacial score (nSPS) is 22.6. The average Bonchev–Trinajstić information content (AvgIpc) is 3.32. The van der Waals surface area contributed by atoms with Crippen LogP contribution in [0.4, 0.5) is 0 Å². The van der Waals surface area contributed by atoms with E-state index in [9.17, 15) is 13.2 Å². The molecule has 3 heterocycles. The molecule has 0 aliphatic carbocycles. The molecule has 134 valence electrons. The van der Waals surface area contributed by atoms with Gasteiger partial charge < -0.3 is 9.64 Å². The molecule has 1 atom stereocenters. The van der Waals surface area contributed by atoms with Crippen LogP contribution in [0.3, 0.4) is 0 Å². The predicted octanol–water partition coefficient (Wildman–Crippen LogP) is 0.561. The van der Waals surface area contributed by atoms with Crippen LogP contribution in [0.5, 0.6) is 0 Å². The Kier molecular flexibility index (Phi) is 4.44. The summed E-state index contributed by atoms with van der Waals surface area (Å²) in [4.78, 5) is 14.4. The van der Waals surface area contributed by atoms with Crippen LogP contribution in [0.2, 0.25) is 0 Å². The number of amides is 1. The number of carbonyl (C=O) groups is 1. The van der Waals surface area contributed by atoms with Gasteiger partial charge in [0.1, 0.15) is 15.9 Å². The Bertz CT molecular complexity index is 884. The molecule has 1 unspecified atom stereocenters. The van der Waals surface area contributed by atoms with Crippen LogP contribution in [0, 0.1) is 5.92 Å². The van der Waals surface area contributed by atoms with Gasteiger partial charge in [0.25, 0.3) is 0 Å². The van der Waals surface area contributed by atoms with E-state index in [0.717, 1.165) is 18.1 Å². The van der Waals surface area contributed by atoms with E-state index < -0.39 is 10.0 Å². The number of piperazine rings is 1. The van der Waals surface area contributed by atoms with Gasteiger partial charge >= 0.3 is 0 Å². The zero-order valence-corrected chi connectivity index (χ0v) is 15.1. The molecule has 1 aromatic heterocycles. The molecular formula is C15H18N4O4S2. The SMILES string of the molecule is O=C(C1CCOC1)N1CCN(S(=O)(=O)c2cccc3nsnc23)CC1. The summed E-state index contributed by atoms with van der Waals surface area (Å²) in [7, 11) is -3.65. The first-order chi connectivity index (χ1) is 12.1. The molecule has 2 saturated heterocycles. The summed E-state index contributed by atoms with van der Waals surface area (Å²) in [5.74, 6) is -0.0154. The molecule has 2 fully saturated rings. The summed E-state index contributed by atoms with van der Waals surface area (Å²) < 4.78 is 40.9. The van der Waals surface area contributed by atoms with Crippen molar-refractivity contribution in [3.63, 3.8) is 0 Å².